The lowest BCUT2D eigenvalue weighted by molar-refractivity contribution is 0.206. The molecule has 1 unspecified atom stereocenters. The van der Waals surface area contributed by atoms with E-state index in [0.29, 0.717) is 6.04 Å². The van der Waals surface area contributed by atoms with Gasteiger partial charge in [0.05, 0.1) is 5.39 Å². The van der Waals surface area contributed by atoms with Crippen LogP contribution in [-0.2, 0) is 0 Å². The fourth-order valence-electron chi connectivity index (χ4n) is 4.25. The zero-order valence-corrected chi connectivity index (χ0v) is 15.1. The van der Waals surface area contributed by atoms with E-state index in [1.54, 1.807) is 6.33 Å². The molecular formula is C20H24N6. The van der Waals surface area contributed by atoms with Crippen molar-refractivity contribution >= 4 is 16.7 Å². The zero-order chi connectivity index (χ0) is 17.5. The van der Waals surface area contributed by atoms with Gasteiger partial charge in [0.25, 0.3) is 0 Å². The predicted molar refractivity (Wildman–Crippen MR) is 103 cm³/mol. The second-order valence-corrected chi connectivity index (χ2v) is 7.52. The molecule has 2 aliphatic rings. The van der Waals surface area contributed by atoms with E-state index in [-0.39, 0.29) is 0 Å². The van der Waals surface area contributed by atoms with Gasteiger partial charge in [0.2, 0.25) is 0 Å². The van der Waals surface area contributed by atoms with E-state index in [0.717, 1.165) is 35.9 Å². The number of pyridine rings is 1. The van der Waals surface area contributed by atoms with Gasteiger partial charge in [-0.05, 0) is 38.8 Å². The molecule has 1 saturated heterocycles. The van der Waals surface area contributed by atoms with Crippen LogP contribution in [0.3, 0.4) is 0 Å². The minimum atomic E-state index is 0.641. The smallest absolute Gasteiger partial charge is 0.139 e. The molecular weight excluding hydrogens is 324 g/mol. The molecule has 3 aromatic heterocycles. The van der Waals surface area contributed by atoms with Gasteiger partial charge in [-0.2, -0.15) is 0 Å². The van der Waals surface area contributed by atoms with Gasteiger partial charge in [-0.1, -0.05) is 0 Å². The fraction of sp³-hybridized carbons (Fsp3) is 0.450. The molecule has 0 aromatic carbocycles. The molecule has 1 aliphatic carbocycles. The quantitative estimate of drug-likeness (QED) is 0.785. The molecule has 0 amide bonds. The van der Waals surface area contributed by atoms with Crippen molar-refractivity contribution < 1.29 is 0 Å². The maximum atomic E-state index is 4.54. The highest BCUT2D eigenvalue weighted by Crippen LogP contribution is 2.36. The summed E-state index contributed by atoms with van der Waals surface area (Å²) in [5.74, 6) is 0. The Hall–Kier alpha value is -2.47. The van der Waals surface area contributed by atoms with Crippen molar-refractivity contribution in [3.8, 4) is 11.1 Å². The number of aromatic nitrogens is 4. The lowest BCUT2D eigenvalue weighted by Gasteiger charge is -2.39. The summed E-state index contributed by atoms with van der Waals surface area (Å²) in [6.07, 6.45) is 14.5. The summed E-state index contributed by atoms with van der Waals surface area (Å²) in [5, 5.41) is 1.18. The normalized spacial score (nSPS) is 20.8. The van der Waals surface area contributed by atoms with Gasteiger partial charge in [0, 0.05) is 66.8 Å². The number of hydrogen-bond donors (Lipinski definition) is 1. The van der Waals surface area contributed by atoms with E-state index in [9.17, 15) is 0 Å². The Morgan fingerprint density at radius 2 is 2.00 bits per heavy atom. The highest BCUT2D eigenvalue weighted by Gasteiger charge is 2.33. The van der Waals surface area contributed by atoms with E-state index >= 15 is 0 Å². The highest BCUT2D eigenvalue weighted by atomic mass is 15.2. The van der Waals surface area contributed by atoms with E-state index in [4.69, 9.17) is 0 Å². The second-order valence-electron chi connectivity index (χ2n) is 7.52. The Balaban J connectivity index is 1.53. The van der Waals surface area contributed by atoms with E-state index in [1.165, 1.54) is 36.8 Å². The molecule has 0 spiro atoms. The average Bonchev–Trinajstić information content (AvgIpc) is 3.46. The first kappa shape index (κ1) is 15.8. The molecule has 5 rings (SSSR count). The average molecular weight is 348 g/mol. The van der Waals surface area contributed by atoms with Crippen LogP contribution in [0.15, 0.2) is 37.2 Å². The first-order valence-electron chi connectivity index (χ1n) is 9.49. The molecule has 0 bridgehead atoms. The van der Waals surface area contributed by atoms with Gasteiger partial charge in [0.15, 0.2) is 0 Å². The van der Waals surface area contributed by atoms with Gasteiger partial charge < -0.3 is 9.88 Å². The van der Waals surface area contributed by atoms with Crippen molar-refractivity contribution in [1.82, 2.24) is 24.8 Å². The van der Waals surface area contributed by atoms with Crippen LogP contribution in [0.2, 0.25) is 0 Å². The highest BCUT2D eigenvalue weighted by molar-refractivity contribution is 6.02. The molecule has 3 aromatic rings. The van der Waals surface area contributed by atoms with Crippen molar-refractivity contribution in [3.05, 3.63) is 37.2 Å². The number of hydrogen-bond acceptors (Lipinski definition) is 5. The summed E-state index contributed by atoms with van der Waals surface area (Å²) in [4.78, 5) is 21.4. The Morgan fingerprint density at radius 1 is 1.15 bits per heavy atom. The predicted octanol–water partition coefficient (Wildman–Crippen LogP) is 3.08. The monoisotopic (exact) mass is 348 g/mol. The topological polar surface area (TPSA) is 60.9 Å². The van der Waals surface area contributed by atoms with E-state index < -0.39 is 0 Å². The number of anilines is 1. The summed E-state index contributed by atoms with van der Waals surface area (Å²) in [7, 11) is 2.30. The molecule has 1 N–H and O–H groups in total. The summed E-state index contributed by atoms with van der Waals surface area (Å²) in [6.45, 7) is 2.19. The second kappa shape index (κ2) is 6.36. The van der Waals surface area contributed by atoms with E-state index in [1.807, 2.05) is 24.8 Å². The number of likely N-dealkylation sites (N-methyl/N-ethyl adjacent to an activating group) is 1. The molecule has 26 heavy (non-hydrogen) atoms. The molecule has 1 atom stereocenters. The first-order chi connectivity index (χ1) is 12.8. The van der Waals surface area contributed by atoms with Gasteiger partial charge >= 0.3 is 0 Å². The van der Waals surface area contributed by atoms with Crippen molar-refractivity contribution in [2.75, 3.05) is 25.0 Å². The van der Waals surface area contributed by atoms with Gasteiger partial charge in [0.1, 0.15) is 12.0 Å². The van der Waals surface area contributed by atoms with Crippen LogP contribution in [0.5, 0.6) is 0 Å². The zero-order valence-electron chi connectivity index (χ0n) is 15.1. The molecule has 1 saturated carbocycles. The minimum absolute atomic E-state index is 0.641. The number of nitrogens with zero attached hydrogens (tertiary/aromatic N) is 5. The van der Waals surface area contributed by atoms with Crippen LogP contribution in [0, 0.1) is 0 Å². The number of nitrogens with one attached hydrogen (secondary N) is 1. The van der Waals surface area contributed by atoms with Crippen LogP contribution < -0.4 is 4.90 Å². The first-order valence-corrected chi connectivity index (χ1v) is 9.49. The Morgan fingerprint density at radius 3 is 2.81 bits per heavy atom. The number of piperidine rings is 1. The molecule has 4 heterocycles. The summed E-state index contributed by atoms with van der Waals surface area (Å²) >= 11 is 0. The molecule has 6 nitrogen and oxygen atoms in total. The molecule has 6 heteroatoms. The maximum absolute atomic E-state index is 4.54. The lowest BCUT2D eigenvalue weighted by Crippen LogP contribution is -2.47. The molecule has 1 aliphatic heterocycles. The van der Waals surface area contributed by atoms with E-state index in [2.05, 4.69) is 42.8 Å². The molecule has 134 valence electrons. The van der Waals surface area contributed by atoms with Crippen LogP contribution >= 0.6 is 0 Å². The summed E-state index contributed by atoms with van der Waals surface area (Å²) in [5.41, 5.74) is 4.35. The van der Waals surface area contributed by atoms with Crippen LogP contribution in [0.1, 0.15) is 25.7 Å². The van der Waals surface area contributed by atoms with Crippen LogP contribution in [0.4, 0.5) is 5.69 Å². The third kappa shape index (κ3) is 2.74. The Labute approximate surface area is 153 Å². The standard InChI is InChI=1S/C20H24N6/c1-25(15-4-5-15)16-3-2-8-26(12-16)18-6-7-23-20-19(18)17(11-24-20)14-9-21-13-22-10-14/h6-7,9-11,13,15-16H,2-5,8,12H2,1H3,(H,23,24). The van der Waals surface area contributed by atoms with Crippen molar-refractivity contribution in [2.24, 2.45) is 0 Å². The third-order valence-corrected chi connectivity index (χ3v) is 5.86. The maximum Gasteiger partial charge on any atom is 0.139 e. The van der Waals surface area contributed by atoms with Crippen LogP contribution in [-0.4, -0.2) is 57.1 Å². The molecule has 0 radical (unpaired) electrons. The summed E-state index contributed by atoms with van der Waals surface area (Å²) in [6, 6.07) is 3.60. The van der Waals surface area contributed by atoms with Crippen LogP contribution in [0.25, 0.3) is 22.2 Å². The van der Waals surface area contributed by atoms with Crippen molar-refractivity contribution in [3.63, 3.8) is 0 Å². The lowest BCUT2D eigenvalue weighted by atomic mass is 10.0. The number of H-pyrrole nitrogens is 1. The third-order valence-electron chi connectivity index (χ3n) is 5.86. The summed E-state index contributed by atoms with van der Waals surface area (Å²) < 4.78 is 0. The largest absolute Gasteiger partial charge is 0.369 e. The van der Waals surface area contributed by atoms with Gasteiger partial charge in [-0.3, -0.25) is 4.90 Å². The fourth-order valence-corrected chi connectivity index (χ4v) is 4.25. The van der Waals surface area contributed by atoms with Gasteiger partial charge in [-0.25, -0.2) is 15.0 Å². The Kier molecular flexibility index (Phi) is 3.85. The molecule has 2 fully saturated rings. The van der Waals surface area contributed by atoms with Gasteiger partial charge in [-0.15, -0.1) is 0 Å². The SMILES string of the molecule is CN(C1CC1)C1CCCN(c2ccnc3[nH]cc(-c4cncnc4)c23)C1. The Bertz CT molecular complexity index is 901. The minimum Gasteiger partial charge on any atom is -0.369 e. The van der Waals surface area contributed by atoms with Crippen molar-refractivity contribution in [1.29, 1.82) is 0 Å². The van der Waals surface area contributed by atoms with Crippen molar-refractivity contribution in [2.45, 2.75) is 37.8 Å². The number of rotatable bonds is 4. The number of aromatic amines is 1. The number of fused-ring (bicyclic) bond motifs is 1.